The van der Waals surface area contributed by atoms with Crippen LogP contribution >= 0.6 is 0 Å². The highest BCUT2D eigenvalue weighted by atomic mass is 16.6. The zero-order valence-corrected chi connectivity index (χ0v) is 8.90. The second kappa shape index (κ2) is 3.77. The Morgan fingerprint density at radius 1 is 1.50 bits per heavy atom. The Morgan fingerprint density at radius 2 is 2.29 bits per heavy atom. The van der Waals surface area contributed by atoms with Gasteiger partial charge in [-0.2, -0.15) is 0 Å². The number of amides is 1. The van der Waals surface area contributed by atoms with Crippen molar-refractivity contribution in [3.63, 3.8) is 0 Å². The second-order valence-electron chi connectivity index (χ2n) is 4.20. The number of likely N-dealkylation sites (N-methyl/N-ethyl adjacent to an activating group) is 1. The minimum Gasteiger partial charge on any atom is -0.450 e. The number of carbonyl (C=O) groups is 1. The largest absolute Gasteiger partial charge is 0.450 e. The van der Waals surface area contributed by atoms with Gasteiger partial charge in [0.25, 0.3) is 0 Å². The van der Waals surface area contributed by atoms with Crippen LogP contribution < -0.4 is 0 Å². The van der Waals surface area contributed by atoms with Crippen LogP contribution in [0.15, 0.2) is 0 Å². The maximum atomic E-state index is 11.5. The fourth-order valence-corrected chi connectivity index (χ4v) is 2.54. The summed E-state index contributed by atoms with van der Waals surface area (Å²) in [7, 11) is 2.14. The smallest absolute Gasteiger partial charge is 0.409 e. The molecule has 2 rings (SSSR count). The van der Waals surface area contributed by atoms with E-state index in [1.165, 1.54) is 13.0 Å². The Kier molecular flexibility index (Phi) is 2.63. The van der Waals surface area contributed by atoms with E-state index in [0.717, 1.165) is 13.1 Å². The van der Waals surface area contributed by atoms with Crippen molar-refractivity contribution in [2.75, 3.05) is 33.3 Å². The summed E-state index contributed by atoms with van der Waals surface area (Å²) < 4.78 is 4.99. The van der Waals surface area contributed by atoms with Crippen molar-refractivity contribution in [2.24, 2.45) is 5.92 Å². The molecular weight excluding hydrogens is 180 g/mol. The number of rotatable bonds is 1. The highest BCUT2D eigenvalue weighted by molar-refractivity contribution is 5.68. The minimum absolute atomic E-state index is 0.143. The predicted molar refractivity (Wildman–Crippen MR) is 53.1 cm³/mol. The normalized spacial score (nSPS) is 32.0. The topological polar surface area (TPSA) is 32.8 Å². The molecule has 0 N–H and O–H groups in total. The van der Waals surface area contributed by atoms with Crippen LogP contribution in [0.2, 0.25) is 0 Å². The summed E-state index contributed by atoms with van der Waals surface area (Å²) in [4.78, 5) is 15.7. The third-order valence-corrected chi connectivity index (χ3v) is 3.35. The zero-order chi connectivity index (χ0) is 10.1. The van der Waals surface area contributed by atoms with Gasteiger partial charge in [-0.05, 0) is 32.9 Å². The first-order valence-electron chi connectivity index (χ1n) is 5.34. The van der Waals surface area contributed by atoms with Crippen LogP contribution in [0.3, 0.4) is 0 Å². The third-order valence-electron chi connectivity index (χ3n) is 3.35. The van der Waals surface area contributed by atoms with E-state index < -0.39 is 0 Å². The lowest BCUT2D eigenvalue weighted by Crippen LogP contribution is -2.35. The number of nitrogens with zero attached hydrogens (tertiary/aromatic N) is 2. The number of ether oxygens (including phenoxy) is 1. The quantitative estimate of drug-likeness (QED) is 0.624. The molecule has 2 atom stereocenters. The summed E-state index contributed by atoms with van der Waals surface area (Å²) >= 11 is 0. The van der Waals surface area contributed by atoms with E-state index in [2.05, 4.69) is 11.9 Å². The van der Waals surface area contributed by atoms with Crippen molar-refractivity contribution in [1.29, 1.82) is 0 Å². The molecule has 0 unspecified atom stereocenters. The molecule has 0 aromatic heterocycles. The summed E-state index contributed by atoms with van der Waals surface area (Å²) in [6.45, 7) is 5.22. The fraction of sp³-hybridized carbons (Fsp3) is 0.900. The molecule has 4 nitrogen and oxygen atoms in total. The third kappa shape index (κ3) is 1.59. The summed E-state index contributed by atoms with van der Waals surface area (Å²) in [5.74, 6) is 0.671. The molecule has 2 aliphatic rings. The second-order valence-corrected chi connectivity index (χ2v) is 4.20. The SMILES string of the molecule is CCOC(=O)N1C[C@H]2CCN(C)[C@H]2C1. The van der Waals surface area contributed by atoms with E-state index in [0.29, 0.717) is 18.6 Å². The van der Waals surface area contributed by atoms with Gasteiger partial charge < -0.3 is 14.5 Å². The van der Waals surface area contributed by atoms with E-state index in [1.54, 1.807) is 0 Å². The van der Waals surface area contributed by atoms with Gasteiger partial charge in [0.05, 0.1) is 6.61 Å². The average molecular weight is 198 g/mol. The summed E-state index contributed by atoms with van der Waals surface area (Å²) in [5.41, 5.74) is 0. The molecule has 1 amide bonds. The molecule has 2 fully saturated rings. The van der Waals surface area contributed by atoms with Crippen molar-refractivity contribution < 1.29 is 9.53 Å². The Morgan fingerprint density at radius 3 is 2.93 bits per heavy atom. The lowest BCUT2D eigenvalue weighted by Gasteiger charge is -2.19. The molecule has 80 valence electrons. The zero-order valence-electron chi connectivity index (χ0n) is 8.90. The summed E-state index contributed by atoms with van der Waals surface area (Å²) in [6, 6.07) is 0.569. The molecule has 14 heavy (non-hydrogen) atoms. The Hall–Kier alpha value is -0.770. The summed E-state index contributed by atoms with van der Waals surface area (Å²) in [6.07, 6.45) is 1.08. The van der Waals surface area contributed by atoms with Crippen molar-refractivity contribution >= 4 is 6.09 Å². The van der Waals surface area contributed by atoms with Crippen molar-refractivity contribution in [2.45, 2.75) is 19.4 Å². The molecule has 0 aliphatic carbocycles. The maximum Gasteiger partial charge on any atom is 0.409 e. The molecule has 0 aromatic rings. The van der Waals surface area contributed by atoms with Gasteiger partial charge >= 0.3 is 6.09 Å². The predicted octanol–water partition coefficient (Wildman–Crippen LogP) is 0.779. The number of hydrogen-bond acceptors (Lipinski definition) is 3. The van der Waals surface area contributed by atoms with Gasteiger partial charge in [0.2, 0.25) is 0 Å². The van der Waals surface area contributed by atoms with E-state index in [4.69, 9.17) is 4.74 Å². The van der Waals surface area contributed by atoms with Crippen LogP contribution in [0.1, 0.15) is 13.3 Å². The van der Waals surface area contributed by atoms with Crippen LogP contribution in [0, 0.1) is 5.92 Å². The van der Waals surface area contributed by atoms with Crippen LogP contribution in [0.5, 0.6) is 0 Å². The van der Waals surface area contributed by atoms with E-state index >= 15 is 0 Å². The minimum atomic E-state index is -0.143. The highest BCUT2D eigenvalue weighted by Gasteiger charge is 2.41. The van der Waals surface area contributed by atoms with Crippen molar-refractivity contribution in [1.82, 2.24) is 9.80 Å². The van der Waals surface area contributed by atoms with Gasteiger partial charge in [0, 0.05) is 19.1 Å². The van der Waals surface area contributed by atoms with Crippen LogP contribution in [-0.4, -0.2) is 55.2 Å². The van der Waals surface area contributed by atoms with Crippen LogP contribution in [0.4, 0.5) is 4.79 Å². The molecule has 0 spiro atoms. The van der Waals surface area contributed by atoms with Crippen molar-refractivity contribution in [3.05, 3.63) is 0 Å². The van der Waals surface area contributed by atoms with Gasteiger partial charge in [-0.1, -0.05) is 0 Å². The van der Waals surface area contributed by atoms with Crippen molar-refractivity contribution in [3.8, 4) is 0 Å². The molecule has 0 saturated carbocycles. The summed E-state index contributed by atoms with van der Waals surface area (Å²) in [5, 5.41) is 0. The molecule has 2 heterocycles. The molecule has 4 heteroatoms. The van der Waals surface area contributed by atoms with Gasteiger partial charge in [-0.3, -0.25) is 0 Å². The first kappa shape index (κ1) is 9.77. The Bertz CT molecular complexity index is 232. The average Bonchev–Trinajstić information content (AvgIpc) is 2.69. The lowest BCUT2D eigenvalue weighted by molar-refractivity contribution is 0.111. The number of fused-ring (bicyclic) bond motifs is 1. The molecular formula is C10H18N2O2. The molecule has 2 aliphatic heterocycles. The first-order valence-corrected chi connectivity index (χ1v) is 5.34. The molecule has 2 saturated heterocycles. The monoisotopic (exact) mass is 198 g/mol. The molecule has 0 radical (unpaired) electrons. The lowest BCUT2D eigenvalue weighted by atomic mass is 10.1. The fourth-order valence-electron chi connectivity index (χ4n) is 2.54. The number of hydrogen-bond donors (Lipinski definition) is 0. The number of likely N-dealkylation sites (tertiary alicyclic amines) is 2. The van der Waals surface area contributed by atoms with Crippen LogP contribution in [0.25, 0.3) is 0 Å². The number of carbonyl (C=O) groups excluding carboxylic acids is 1. The van der Waals surface area contributed by atoms with Crippen LogP contribution in [-0.2, 0) is 4.74 Å². The van der Waals surface area contributed by atoms with E-state index in [1.807, 2.05) is 11.8 Å². The maximum absolute atomic E-state index is 11.5. The molecule has 0 aromatic carbocycles. The Labute approximate surface area is 84.8 Å². The van der Waals surface area contributed by atoms with Gasteiger partial charge in [-0.25, -0.2) is 4.79 Å². The highest BCUT2D eigenvalue weighted by Crippen LogP contribution is 2.30. The first-order chi connectivity index (χ1) is 6.72. The van der Waals surface area contributed by atoms with Gasteiger partial charge in [-0.15, -0.1) is 0 Å². The Balaban J connectivity index is 1.92. The standard InChI is InChI=1S/C10H18N2O2/c1-3-14-10(13)12-6-8-4-5-11(2)9(8)7-12/h8-9H,3-7H2,1-2H3/t8-,9+/m1/s1. The van der Waals surface area contributed by atoms with E-state index in [-0.39, 0.29) is 6.09 Å². The van der Waals surface area contributed by atoms with Gasteiger partial charge in [0.15, 0.2) is 0 Å². The van der Waals surface area contributed by atoms with E-state index in [9.17, 15) is 4.79 Å². The van der Waals surface area contributed by atoms with Gasteiger partial charge in [0.1, 0.15) is 0 Å². The molecule has 0 bridgehead atoms.